The van der Waals surface area contributed by atoms with Gasteiger partial charge < -0.3 is 10.5 Å². The molecule has 0 fully saturated rings. The molecule has 0 aliphatic rings. The van der Waals surface area contributed by atoms with Gasteiger partial charge in [0.2, 0.25) is 5.91 Å². The van der Waals surface area contributed by atoms with Crippen molar-refractivity contribution in [2.24, 2.45) is 11.5 Å². The number of amides is 1. The standard InChI is InChI=1S/C9H12N2O2/c1-6(10)13-8-4-2-7(3-5-8)9(11)12/h2-6H,10H2,1H3,(H2,11,12). The molecule has 4 nitrogen and oxygen atoms in total. The maximum atomic E-state index is 10.7. The number of ether oxygens (including phenoxy) is 1. The zero-order valence-corrected chi connectivity index (χ0v) is 7.36. The van der Waals surface area contributed by atoms with E-state index in [1.807, 2.05) is 0 Å². The Bertz CT molecular complexity index is 293. The lowest BCUT2D eigenvalue weighted by atomic mass is 10.2. The smallest absolute Gasteiger partial charge is 0.248 e. The van der Waals surface area contributed by atoms with Crippen LogP contribution in [0.25, 0.3) is 0 Å². The summed E-state index contributed by atoms with van der Waals surface area (Å²) in [6.07, 6.45) is -0.362. The van der Waals surface area contributed by atoms with Crippen LogP contribution in [0.4, 0.5) is 0 Å². The molecule has 1 amide bonds. The maximum absolute atomic E-state index is 10.7. The number of benzene rings is 1. The van der Waals surface area contributed by atoms with E-state index in [-0.39, 0.29) is 6.23 Å². The maximum Gasteiger partial charge on any atom is 0.248 e. The fourth-order valence-electron chi connectivity index (χ4n) is 0.912. The summed E-state index contributed by atoms with van der Waals surface area (Å²) in [5.74, 6) is 0.173. The Morgan fingerprint density at radius 1 is 1.38 bits per heavy atom. The van der Waals surface area contributed by atoms with Gasteiger partial charge in [-0.3, -0.25) is 10.5 Å². The Morgan fingerprint density at radius 3 is 2.31 bits per heavy atom. The highest BCUT2D eigenvalue weighted by Crippen LogP contribution is 2.12. The number of hydrogen-bond acceptors (Lipinski definition) is 3. The third kappa shape index (κ3) is 2.76. The van der Waals surface area contributed by atoms with Crippen LogP contribution in [-0.4, -0.2) is 12.1 Å². The van der Waals surface area contributed by atoms with Gasteiger partial charge in [0.05, 0.1) is 0 Å². The summed E-state index contributed by atoms with van der Waals surface area (Å²) in [5, 5.41) is 0. The largest absolute Gasteiger partial charge is 0.476 e. The fraction of sp³-hybridized carbons (Fsp3) is 0.222. The Morgan fingerprint density at radius 2 is 1.92 bits per heavy atom. The summed E-state index contributed by atoms with van der Waals surface area (Å²) in [4.78, 5) is 10.7. The minimum atomic E-state index is -0.452. The van der Waals surface area contributed by atoms with Gasteiger partial charge in [-0.1, -0.05) is 0 Å². The van der Waals surface area contributed by atoms with E-state index in [9.17, 15) is 4.79 Å². The first-order valence-electron chi connectivity index (χ1n) is 3.91. The van der Waals surface area contributed by atoms with Gasteiger partial charge in [0.15, 0.2) is 0 Å². The van der Waals surface area contributed by atoms with Crippen LogP contribution in [0.5, 0.6) is 5.75 Å². The number of carbonyl (C=O) groups is 1. The minimum Gasteiger partial charge on any atom is -0.476 e. The average Bonchev–Trinajstić information content (AvgIpc) is 2.04. The number of nitrogens with two attached hydrogens (primary N) is 2. The van der Waals surface area contributed by atoms with E-state index in [0.29, 0.717) is 11.3 Å². The van der Waals surface area contributed by atoms with Gasteiger partial charge in [0.1, 0.15) is 12.0 Å². The molecule has 0 spiro atoms. The predicted octanol–water partition coefficient (Wildman–Crippen LogP) is 0.469. The van der Waals surface area contributed by atoms with Gasteiger partial charge in [0, 0.05) is 5.56 Å². The molecule has 1 atom stereocenters. The van der Waals surface area contributed by atoms with E-state index >= 15 is 0 Å². The zero-order chi connectivity index (χ0) is 9.84. The topological polar surface area (TPSA) is 78.3 Å². The first-order valence-corrected chi connectivity index (χ1v) is 3.91. The van der Waals surface area contributed by atoms with Crippen LogP contribution < -0.4 is 16.2 Å². The third-order valence-electron chi connectivity index (χ3n) is 1.46. The van der Waals surface area contributed by atoms with Crippen molar-refractivity contribution >= 4 is 5.91 Å². The van der Waals surface area contributed by atoms with Gasteiger partial charge in [-0.15, -0.1) is 0 Å². The number of rotatable bonds is 3. The minimum absolute atomic E-state index is 0.362. The van der Waals surface area contributed by atoms with Crippen molar-refractivity contribution in [3.8, 4) is 5.75 Å². The van der Waals surface area contributed by atoms with Crippen LogP contribution in [0.1, 0.15) is 17.3 Å². The molecule has 0 radical (unpaired) electrons. The second kappa shape index (κ2) is 3.91. The highest BCUT2D eigenvalue weighted by atomic mass is 16.5. The lowest BCUT2D eigenvalue weighted by Gasteiger charge is -2.08. The number of hydrogen-bond donors (Lipinski definition) is 2. The molecule has 70 valence electrons. The summed E-state index contributed by atoms with van der Waals surface area (Å²) >= 11 is 0. The normalized spacial score (nSPS) is 12.2. The molecule has 1 aromatic rings. The van der Waals surface area contributed by atoms with Crippen LogP contribution in [0.15, 0.2) is 24.3 Å². The van der Waals surface area contributed by atoms with Crippen molar-refractivity contribution in [2.75, 3.05) is 0 Å². The molecule has 0 aliphatic heterocycles. The van der Waals surface area contributed by atoms with Crippen molar-refractivity contribution < 1.29 is 9.53 Å². The Hall–Kier alpha value is -1.55. The van der Waals surface area contributed by atoms with Crippen LogP contribution >= 0.6 is 0 Å². The van der Waals surface area contributed by atoms with E-state index in [1.165, 1.54) is 0 Å². The summed E-state index contributed by atoms with van der Waals surface area (Å²) in [5.41, 5.74) is 10.9. The molecule has 1 aromatic carbocycles. The van der Waals surface area contributed by atoms with Crippen LogP contribution in [-0.2, 0) is 0 Å². The molecule has 0 aromatic heterocycles. The van der Waals surface area contributed by atoms with Gasteiger partial charge in [-0.05, 0) is 31.2 Å². The second-order valence-electron chi connectivity index (χ2n) is 2.71. The molecule has 0 saturated carbocycles. The highest BCUT2D eigenvalue weighted by molar-refractivity contribution is 5.92. The monoisotopic (exact) mass is 180 g/mol. The molecular formula is C9H12N2O2. The lowest BCUT2D eigenvalue weighted by Crippen LogP contribution is -2.22. The van der Waals surface area contributed by atoms with Crippen molar-refractivity contribution in [3.63, 3.8) is 0 Å². The number of carbonyl (C=O) groups excluding carboxylic acids is 1. The third-order valence-corrected chi connectivity index (χ3v) is 1.46. The average molecular weight is 180 g/mol. The molecule has 1 rings (SSSR count). The summed E-state index contributed by atoms with van der Waals surface area (Å²) < 4.78 is 5.17. The van der Waals surface area contributed by atoms with Gasteiger partial charge >= 0.3 is 0 Å². The van der Waals surface area contributed by atoms with E-state index in [2.05, 4.69) is 0 Å². The molecule has 0 aliphatic carbocycles. The summed E-state index contributed by atoms with van der Waals surface area (Å²) in [6, 6.07) is 6.51. The zero-order valence-electron chi connectivity index (χ0n) is 7.36. The molecule has 13 heavy (non-hydrogen) atoms. The van der Waals surface area contributed by atoms with Crippen LogP contribution in [0.2, 0.25) is 0 Å². The van der Waals surface area contributed by atoms with Crippen molar-refractivity contribution in [2.45, 2.75) is 13.2 Å². The van der Waals surface area contributed by atoms with Crippen molar-refractivity contribution in [1.29, 1.82) is 0 Å². The Labute approximate surface area is 76.5 Å². The molecule has 0 heterocycles. The molecular weight excluding hydrogens is 168 g/mol. The van der Waals surface area contributed by atoms with E-state index in [0.717, 1.165) is 0 Å². The molecule has 1 unspecified atom stereocenters. The Kier molecular flexibility index (Phi) is 2.87. The van der Waals surface area contributed by atoms with E-state index in [1.54, 1.807) is 31.2 Å². The first-order chi connectivity index (χ1) is 6.09. The lowest BCUT2D eigenvalue weighted by molar-refractivity contribution is 0.100. The highest BCUT2D eigenvalue weighted by Gasteiger charge is 2.01. The molecule has 0 saturated heterocycles. The second-order valence-corrected chi connectivity index (χ2v) is 2.71. The van der Waals surface area contributed by atoms with Gasteiger partial charge in [-0.2, -0.15) is 0 Å². The SMILES string of the molecule is CC(N)Oc1ccc(C(N)=O)cc1. The molecule has 0 bridgehead atoms. The number of primary amides is 1. The summed E-state index contributed by atoms with van der Waals surface area (Å²) in [7, 11) is 0. The van der Waals surface area contributed by atoms with Crippen LogP contribution in [0.3, 0.4) is 0 Å². The van der Waals surface area contributed by atoms with E-state index < -0.39 is 5.91 Å². The van der Waals surface area contributed by atoms with Crippen LogP contribution in [0, 0.1) is 0 Å². The summed E-state index contributed by atoms with van der Waals surface area (Å²) in [6.45, 7) is 1.72. The van der Waals surface area contributed by atoms with Crippen molar-refractivity contribution in [3.05, 3.63) is 29.8 Å². The Balaban J connectivity index is 2.75. The fourth-order valence-corrected chi connectivity index (χ4v) is 0.912. The first kappa shape index (κ1) is 9.54. The molecule has 4 N–H and O–H groups in total. The predicted molar refractivity (Wildman–Crippen MR) is 49.2 cm³/mol. The van der Waals surface area contributed by atoms with E-state index in [4.69, 9.17) is 16.2 Å². The van der Waals surface area contributed by atoms with Gasteiger partial charge in [0.25, 0.3) is 0 Å². The van der Waals surface area contributed by atoms with Crippen molar-refractivity contribution in [1.82, 2.24) is 0 Å². The van der Waals surface area contributed by atoms with Gasteiger partial charge in [-0.25, -0.2) is 0 Å². The molecule has 4 heteroatoms. The quantitative estimate of drug-likeness (QED) is 0.663.